The van der Waals surface area contributed by atoms with Crippen molar-refractivity contribution >= 4 is 16.9 Å². The summed E-state index contributed by atoms with van der Waals surface area (Å²) in [6.45, 7) is 8.59. The van der Waals surface area contributed by atoms with Crippen LogP contribution < -0.4 is 19.9 Å². The van der Waals surface area contributed by atoms with Crippen molar-refractivity contribution in [2.24, 2.45) is 5.73 Å². The van der Waals surface area contributed by atoms with E-state index in [1.54, 1.807) is 18.2 Å². The lowest BCUT2D eigenvalue weighted by Crippen LogP contribution is -2.21. The molecule has 0 radical (unpaired) electrons. The van der Waals surface area contributed by atoms with Crippen LogP contribution >= 0.6 is 0 Å². The molecule has 0 bridgehead atoms. The van der Waals surface area contributed by atoms with Crippen LogP contribution in [0.3, 0.4) is 0 Å². The Bertz CT molecular complexity index is 1640. The fourth-order valence-electron chi connectivity index (χ4n) is 5.07. The highest BCUT2D eigenvalue weighted by atomic mass is 16.5. The molecule has 2 heterocycles. The van der Waals surface area contributed by atoms with Crippen LogP contribution in [-0.2, 0) is 0 Å². The molecule has 1 aliphatic rings. The molecule has 1 unspecified atom stereocenters. The first-order valence-corrected chi connectivity index (χ1v) is 13.0. The SMILES string of the molecule is CCCCOc1ccc(C2C(C#N)=C(N)Oc3cc(OC(=O)c4oc5cc(C)cc(C)c5c4C)ccc32)cc1. The van der Waals surface area contributed by atoms with Crippen LogP contribution in [0.2, 0.25) is 0 Å². The van der Waals surface area contributed by atoms with E-state index in [0.29, 0.717) is 23.5 Å². The molecule has 1 aromatic heterocycles. The van der Waals surface area contributed by atoms with Crippen molar-refractivity contribution in [1.29, 1.82) is 5.26 Å². The summed E-state index contributed by atoms with van der Waals surface area (Å²) in [6, 6.07) is 18.9. The standard InChI is InChI=1S/C32H30N2O5/c1-5-6-13-36-22-9-7-21(8-10-22)29-24-12-11-23(16-26(24)39-31(34)25(29)17-33)37-32(35)30-20(4)28-19(3)14-18(2)15-27(28)38-30/h7-12,14-16,29H,5-6,13,34H2,1-4H3. The highest BCUT2D eigenvalue weighted by molar-refractivity contribution is 5.98. The van der Waals surface area contributed by atoms with Gasteiger partial charge in [-0.05, 0) is 68.1 Å². The number of hydrogen-bond donors (Lipinski definition) is 1. The quantitative estimate of drug-likeness (QED) is 0.159. The van der Waals surface area contributed by atoms with Gasteiger partial charge in [0, 0.05) is 22.6 Å². The predicted molar refractivity (Wildman–Crippen MR) is 148 cm³/mol. The van der Waals surface area contributed by atoms with Gasteiger partial charge in [-0.1, -0.05) is 37.6 Å². The number of furan rings is 1. The van der Waals surface area contributed by atoms with Crippen molar-refractivity contribution < 1.29 is 23.4 Å². The molecule has 0 aliphatic carbocycles. The van der Waals surface area contributed by atoms with Gasteiger partial charge in [0.1, 0.15) is 34.5 Å². The molecule has 0 amide bonds. The van der Waals surface area contributed by atoms with Gasteiger partial charge in [-0.3, -0.25) is 0 Å². The number of rotatable bonds is 7. The molecule has 0 saturated heterocycles. The van der Waals surface area contributed by atoms with E-state index in [0.717, 1.165) is 51.8 Å². The summed E-state index contributed by atoms with van der Waals surface area (Å²) in [7, 11) is 0. The van der Waals surface area contributed by atoms with Gasteiger partial charge in [-0.25, -0.2) is 4.79 Å². The number of fused-ring (bicyclic) bond motifs is 2. The van der Waals surface area contributed by atoms with Crippen molar-refractivity contribution in [3.05, 3.63) is 99.6 Å². The van der Waals surface area contributed by atoms with Gasteiger partial charge in [0.05, 0.1) is 12.5 Å². The number of nitriles is 1. The third-order valence-corrected chi connectivity index (χ3v) is 6.94. The Morgan fingerprint density at radius 1 is 1.05 bits per heavy atom. The lowest BCUT2D eigenvalue weighted by Gasteiger charge is -2.26. The van der Waals surface area contributed by atoms with E-state index >= 15 is 0 Å². The van der Waals surface area contributed by atoms with Gasteiger partial charge < -0.3 is 24.4 Å². The van der Waals surface area contributed by atoms with Gasteiger partial charge in [0.15, 0.2) is 0 Å². The zero-order valence-corrected chi connectivity index (χ0v) is 22.5. The summed E-state index contributed by atoms with van der Waals surface area (Å²) in [6.07, 6.45) is 2.04. The first kappa shape index (κ1) is 25.9. The second-order valence-corrected chi connectivity index (χ2v) is 9.80. The van der Waals surface area contributed by atoms with Gasteiger partial charge >= 0.3 is 5.97 Å². The molecule has 7 nitrogen and oxygen atoms in total. The summed E-state index contributed by atoms with van der Waals surface area (Å²) in [5.74, 6) is 0.591. The van der Waals surface area contributed by atoms with Gasteiger partial charge in [-0.2, -0.15) is 5.26 Å². The minimum absolute atomic E-state index is 0.0146. The summed E-state index contributed by atoms with van der Waals surface area (Å²) in [4.78, 5) is 13.1. The summed E-state index contributed by atoms with van der Waals surface area (Å²) in [5, 5.41) is 10.8. The second kappa shape index (κ2) is 10.6. The molecule has 0 saturated carbocycles. The number of allylic oxidation sites excluding steroid dienone is 1. The van der Waals surface area contributed by atoms with E-state index in [-0.39, 0.29) is 17.4 Å². The largest absolute Gasteiger partial charge is 0.494 e. The molecule has 0 spiro atoms. The summed E-state index contributed by atoms with van der Waals surface area (Å²) in [5.41, 5.74) is 11.6. The van der Waals surface area contributed by atoms with Crippen molar-refractivity contribution in [2.45, 2.75) is 46.5 Å². The fourth-order valence-corrected chi connectivity index (χ4v) is 5.07. The first-order valence-electron chi connectivity index (χ1n) is 13.0. The number of ether oxygens (including phenoxy) is 3. The molecule has 1 atom stereocenters. The zero-order chi connectivity index (χ0) is 27.7. The molecule has 5 rings (SSSR count). The van der Waals surface area contributed by atoms with Gasteiger partial charge in [0.2, 0.25) is 11.6 Å². The molecule has 198 valence electrons. The Balaban J connectivity index is 1.43. The number of benzene rings is 3. The third-order valence-electron chi connectivity index (χ3n) is 6.94. The minimum atomic E-state index is -0.604. The Morgan fingerprint density at radius 3 is 2.51 bits per heavy atom. The fraction of sp³-hybridized carbons (Fsp3) is 0.250. The molecular formula is C32H30N2O5. The second-order valence-electron chi connectivity index (χ2n) is 9.80. The highest BCUT2D eigenvalue weighted by Crippen LogP contribution is 2.44. The maximum absolute atomic E-state index is 13.1. The van der Waals surface area contributed by atoms with Crippen LogP contribution in [-0.4, -0.2) is 12.6 Å². The molecule has 39 heavy (non-hydrogen) atoms. The average molecular weight is 523 g/mol. The zero-order valence-electron chi connectivity index (χ0n) is 22.5. The molecule has 7 heteroatoms. The summed E-state index contributed by atoms with van der Waals surface area (Å²) >= 11 is 0. The van der Waals surface area contributed by atoms with Crippen LogP contribution in [0.15, 0.2) is 70.5 Å². The van der Waals surface area contributed by atoms with Gasteiger partial charge in [0.25, 0.3) is 0 Å². The van der Waals surface area contributed by atoms with Crippen LogP contribution in [0.25, 0.3) is 11.0 Å². The number of carbonyl (C=O) groups is 1. The lowest BCUT2D eigenvalue weighted by molar-refractivity contribution is 0.0702. The molecule has 1 aliphatic heterocycles. The van der Waals surface area contributed by atoms with Crippen LogP contribution in [0, 0.1) is 32.1 Å². The van der Waals surface area contributed by atoms with Gasteiger partial charge in [-0.15, -0.1) is 0 Å². The Kier molecular flexibility index (Phi) is 7.03. The number of nitrogens with two attached hydrogens (primary N) is 1. The highest BCUT2D eigenvalue weighted by Gasteiger charge is 2.31. The molecule has 2 N–H and O–H groups in total. The van der Waals surface area contributed by atoms with Crippen LogP contribution in [0.4, 0.5) is 0 Å². The van der Waals surface area contributed by atoms with Crippen molar-refractivity contribution in [2.75, 3.05) is 6.61 Å². The van der Waals surface area contributed by atoms with Crippen molar-refractivity contribution in [3.63, 3.8) is 0 Å². The van der Waals surface area contributed by atoms with E-state index in [9.17, 15) is 10.1 Å². The average Bonchev–Trinajstić information content (AvgIpc) is 3.24. The minimum Gasteiger partial charge on any atom is -0.494 e. The lowest BCUT2D eigenvalue weighted by atomic mass is 9.83. The number of aryl methyl sites for hydroxylation is 3. The van der Waals surface area contributed by atoms with E-state index in [1.807, 2.05) is 51.1 Å². The predicted octanol–water partition coefficient (Wildman–Crippen LogP) is 6.97. The van der Waals surface area contributed by atoms with Crippen molar-refractivity contribution in [3.8, 4) is 23.3 Å². The molecule has 3 aromatic carbocycles. The topological polar surface area (TPSA) is 108 Å². The number of esters is 1. The van der Waals surface area contributed by atoms with Crippen LogP contribution in [0.1, 0.15) is 64.1 Å². The van der Waals surface area contributed by atoms with Crippen molar-refractivity contribution in [1.82, 2.24) is 0 Å². The van der Waals surface area contributed by atoms with E-state index in [4.69, 9.17) is 24.4 Å². The number of unbranched alkanes of at least 4 members (excludes halogenated alkanes) is 1. The maximum Gasteiger partial charge on any atom is 0.379 e. The number of hydrogen-bond acceptors (Lipinski definition) is 7. The van der Waals surface area contributed by atoms with E-state index in [2.05, 4.69) is 19.1 Å². The number of nitrogens with zero attached hydrogens (tertiary/aromatic N) is 1. The Morgan fingerprint density at radius 2 is 1.79 bits per heavy atom. The van der Waals surface area contributed by atoms with E-state index < -0.39 is 11.9 Å². The maximum atomic E-state index is 13.1. The smallest absolute Gasteiger partial charge is 0.379 e. The monoisotopic (exact) mass is 522 g/mol. The number of carbonyl (C=O) groups excluding carboxylic acids is 1. The molecule has 0 fully saturated rings. The van der Waals surface area contributed by atoms with Crippen LogP contribution in [0.5, 0.6) is 17.2 Å². The molecule has 4 aromatic rings. The normalized spacial score (nSPS) is 14.5. The molecular weight excluding hydrogens is 492 g/mol. The Hall–Kier alpha value is -4.70. The Labute approximate surface area is 227 Å². The third kappa shape index (κ3) is 4.94. The summed E-state index contributed by atoms with van der Waals surface area (Å²) < 4.78 is 23.2. The first-order chi connectivity index (χ1) is 18.8. The van der Waals surface area contributed by atoms with E-state index in [1.165, 1.54) is 0 Å².